The maximum atomic E-state index is 12.5. The number of tetrazole rings is 1. The van der Waals surface area contributed by atoms with Gasteiger partial charge in [-0.2, -0.15) is 17.9 Å². The van der Waals surface area contributed by atoms with Crippen molar-refractivity contribution in [1.29, 1.82) is 0 Å². The standard InChI is InChI=1S/C9H7F3N4S/c1-17-8-13-14-15-16(8)7-4-2-3-6(5-7)9(10,11)12/h2-5H,1H3. The van der Waals surface area contributed by atoms with Crippen molar-refractivity contribution in [2.75, 3.05) is 6.26 Å². The van der Waals surface area contributed by atoms with Crippen LogP contribution in [0.4, 0.5) is 13.2 Å². The van der Waals surface area contributed by atoms with Crippen molar-refractivity contribution < 1.29 is 13.2 Å². The molecule has 0 aliphatic heterocycles. The fourth-order valence-corrected chi connectivity index (χ4v) is 1.72. The van der Waals surface area contributed by atoms with E-state index in [2.05, 4.69) is 15.5 Å². The van der Waals surface area contributed by atoms with Gasteiger partial charge in [-0.25, -0.2) is 0 Å². The Hall–Kier alpha value is -1.57. The van der Waals surface area contributed by atoms with E-state index < -0.39 is 11.7 Å². The first-order chi connectivity index (χ1) is 8.02. The molecular formula is C9H7F3N4S. The molecule has 0 N–H and O–H groups in total. The summed E-state index contributed by atoms with van der Waals surface area (Å²) in [6.07, 6.45) is -2.63. The van der Waals surface area contributed by atoms with Gasteiger partial charge >= 0.3 is 6.18 Å². The lowest BCUT2D eigenvalue weighted by molar-refractivity contribution is -0.137. The minimum atomic E-state index is -4.37. The fraction of sp³-hybridized carbons (Fsp3) is 0.222. The summed E-state index contributed by atoms with van der Waals surface area (Å²) in [5.41, 5.74) is -0.438. The summed E-state index contributed by atoms with van der Waals surface area (Å²) in [4.78, 5) is 0. The molecule has 1 aromatic carbocycles. The Labute approximate surface area is 98.8 Å². The third-order valence-corrected chi connectivity index (χ3v) is 2.66. The van der Waals surface area contributed by atoms with Crippen LogP contribution in [0.3, 0.4) is 0 Å². The number of aromatic nitrogens is 4. The molecule has 90 valence electrons. The van der Waals surface area contributed by atoms with Gasteiger partial charge in [0.25, 0.3) is 0 Å². The van der Waals surface area contributed by atoms with Gasteiger partial charge in [-0.3, -0.25) is 0 Å². The molecule has 2 rings (SSSR count). The van der Waals surface area contributed by atoms with Gasteiger partial charge in [0.2, 0.25) is 5.16 Å². The Morgan fingerprint density at radius 2 is 2.06 bits per heavy atom. The Balaban J connectivity index is 2.47. The van der Waals surface area contributed by atoms with E-state index in [9.17, 15) is 13.2 Å². The Morgan fingerprint density at radius 1 is 1.29 bits per heavy atom. The average Bonchev–Trinajstić information content (AvgIpc) is 2.76. The highest BCUT2D eigenvalue weighted by molar-refractivity contribution is 7.98. The van der Waals surface area contributed by atoms with Gasteiger partial charge < -0.3 is 0 Å². The van der Waals surface area contributed by atoms with Gasteiger partial charge in [-0.15, -0.1) is 5.10 Å². The molecule has 0 fully saturated rings. The zero-order valence-corrected chi connectivity index (χ0v) is 9.46. The quantitative estimate of drug-likeness (QED) is 0.778. The lowest BCUT2D eigenvalue weighted by atomic mass is 10.2. The summed E-state index contributed by atoms with van der Waals surface area (Å²) >= 11 is 1.26. The van der Waals surface area contributed by atoms with Gasteiger partial charge in [0, 0.05) is 0 Å². The fourth-order valence-electron chi connectivity index (χ4n) is 1.28. The molecule has 0 aliphatic carbocycles. The molecular weight excluding hydrogens is 253 g/mol. The van der Waals surface area contributed by atoms with Crippen molar-refractivity contribution in [2.24, 2.45) is 0 Å². The van der Waals surface area contributed by atoms with Crippen LogP contribution in [0.25, 0.3) is 5.69 Å². The van der Waals surface area contributed by atoms with E-state index in [4.69, 9.17) is 0 Å². The number of alkyl halides is 3. The number of hydrogen-bond donors (Lipinski definition) is 0. The molecule has 1 heterocycles. The molecule has 2 aromatic rings. The van der Waals surface area contributed by atoms with E-state index in [1.54, 1.807) is 6.26 Å². The van der Waals surface area contributed by atoms with Gasteiger partial charge in [0.05, 0.1) is 11.3 Å². The second-order valence-electron chi connectivity index (χ2n) is 3.13. The number of benzene rings is 1. The Kier molecular flexibility index (Phi) is 3.05. The Bertz CT molecular complexity index is 523. The average molecular weight is 260 g/mol. The van der Waals surface area contributed by atoms with E-state index in [0.717, 1.165) is 12.1 Å². The smallest absolute Gasteiger partial charge is 0.188 e. The lowest BCUT2D eigenvalue weighted by Gasteiger charge is -2.08. The molecule has 0 radical (unpaired) electrons. The van der Waals surface area contributed by atoms with Crippen LogP contribution < -0.4 is 0 Å². The second-order valence-corrected chi connectivity index (χ2v) is 3.90. The molecule has 0 unspecified atom stereocenters. The molecule has 0 saturated carbocycles. The van der Waals surface area contributed by atoms with Crippen molar-refractivity contribution in [2.45, 2.75) is 11.3 Å². The summed E-state index contributed by atoms with van der Waals surface area (Å²) < 4.78 is 38.8. The predicted molar refractivity (Wildman–Crippen MR) is 55.9 cm³/mol. The van der Waals surface area contributed by atoms with E-state index in [0.29, 0.717) is 5.16 Å². The molecule has 0 atom stereocenters. The molecule has 0 bridgehead atoms. The second kappa shape index (κ2) is 4.36. The van der Waals surface area contributed by atoms with Gasteiger partial charge in [-0.1, -0.05) is 17.8 Å². The molecule has 4 nitrogen and oxygen atoms in total. The van der Waals surface area contributed by atoms with Crippen molar-refractivity contribution in [1.82, 2.24) is 20.2 Å². The largest absolute Gasteiger partial charge is 0.416 e. The van der Waals surface area contributed by atoms with Gasteiger partial charge in [0.15, 0.2) is 0 Å². The van der Waals surface area contributed by atoms with Crippen LogP contribution in [-0.4, -0.2) is 26.5 Å². The van der Waals surface area contributed by atoms with E-state index in [1.165, 1.54) is 28.6 Å². The van der Waals surface area contributed by atoms with Crippen LogP contribution >= 0.6 is 11.8 Å². The SMILES string of the molecule is CSc1nnnn1-c1cccc(C(F)(F)F)c1. The topological polar surface area (TPSA) is 43.6 Å². The van der Waals surface area contributed by atoms with E-state index in [-0.39, 0.29) is 5.69 Å². The van der Waals surface area contributed by atoms with Crippen molar-refractivity contribution in [3.63, 3.8) is 0 Å². The molecule has 8 heteroatoms. The first-order valence-electron chi connectivity index (χ1n) is 4.52. The zero-order valence-electron chi connectivity index (χ0n) is 8.64. The molecule has 1 aromatic heterocycles. The van der Waals surface area contributed by atoms with Crippen LogP contribution in [0.2, 0.25) is 0 Å². The number of nitrogens with zero attached hydrogens (tertiary/aromatic N) is 4. The Morgan fingerprint density at radius 3 is 2.71 bits per heavy atom. The van der Waals surface area contributed by atoms with Crippen LogP contribution in [0.1, 0.15) is 5.56 Å². The number of rotatable bonds is 2. The van der Waals surface area contributed by atoms with E-state index in [1.807, 2.05) is 0 Å². The predicted octanol–water partition coefficient (Wildman–Crippen LogP) is 2.40. The number of thioether (sulfide) groups is 1. The maximum absolute atomic E-state index is 12.5. The van der Waals surface area contributed by atoms with Crippen LogP contribution in [0.15, 0.2) is 29.4 Å². The number of hydrogen-bond acceptors (Lipinski definition) is 4. The summed E-state index contributed by atoms with van der Waals surface area (Å²) in [6.45, 7) is 0. The minimum absolute atomic E-state index is 0.286. The maximum Gasteiger partial charge on any atom is 0.416 e. The molecule has 17 heavy (non-hydrogen) atoms. The number of halogens is 3. The molecule has 0 amide bonds. The molecule has 0 saturated heterocycles. The summed E-state index contributed by atoms with van der Waals surface area (Å²) in [5, 5.41) is 11.2. The van der Waals surface area contributed by atoms with Crippen LogP contribution in [0, 0.1) is 0 Å². The monoisotopic (exact) mass is 260 g/mol. The summed E-state index contributed by atoms with van der Waals surface area (Å²) in [5.74, 6) is 0. The van der Waals surface area contributed by atoms with E-state index >= 15 is 0 Å². The third-order valence-electron chi connectivity index (χ3n) is 2.04. The summed E-state index contributed by atoms with van der Waals surface area (Å²) in [6, 6.07) is 4.86. The minimum Gasteiger partial charge on any atom is -0.188 e. The summed E-state index contributed by atoms with van der Waals surface area (Å²) in [7, 11) is 0. The van der Waals surface area contributed by atoms with Crippen molar-refractivity contribution >= 4 is 11.8 Å². The zero-order chi connectivity index (χ0) is 12.5. The lowest BCUT2D eigenvalue weighted by Crippen LogP contribution is -2.07. The van der Waals surface area contributed by atoms with Gasteiger partial charge in [-0.05, 0) is 34.9 Å². The highest BCUT2D eigenvalue weighted by Gasteiger charge is 2.30. The van der Waals surface area contributed by atoms with Crippen molar-refractivity contribution in [3.8, 4) is 5.69 Å². The van der Waals surface area contributed by atoms with Gasteiger partial charge in [0.1, 0.15) is 0 Å². The van der Waals surface area contributed by atoms with Crippen LogP contribution in [-0.2, 0) is 6.18 Å². The highest BCUT2D eigenvalue weighted by Crippen LogP contribution is 2.30. The van der Waals surface area contributed by atoms with Crippen LogP contribution in [0.5, 0.6) is 0 Å². The molecule has 0 aliphatic rings. The molecule has 0 spiro atoms. The first-order valence-corrected chi connectivity index (χ1v) is 5.75. The van der Waals surface area contributed by atoms with Crippen molar-refractivity contribution in [3.05, 3.63) is 29.8 Å². The first kappa shape index (κ1) is 11.9. The normalized spacial score (nSPS) is 11.8. The third kappa shape index (κ3) is 2.41. The highest BCUT2D eigenvalue weighted by atomic mass is 32.2.